The Morgan fingerprint density at radius 2 is 1.55 bits per heavy atom. The van der Waals surface area contributed by atoms with E-state index in [0.717, 1.165) is 31.7 Å². The fourth-order valence-electron chi connectivity index (χ4n) is 4.79. The number of hydrogen-bond acceptors (Lipinski definition) is 3. The maximum absolute atomic E-state index is 5.35. The van der Waals surface area contributed by atoms with Crippen molar-refractivity contribution in [2.45, 2.75) is 45.8 Å². The minimum Gasteiger partial charge on any atom is -0.497 e. The first-order valence-corrected chi connectivity index (χ1v) is 11.1. The minimum absolute atomic E-state index is 0.0676. The van der Waals surface area contributed by atoms with E-state index in [4.69, 9.17) is 4.74 Å². The molecule has 3 aromatic rings. The van der Waals surface area contributed by atoms with Crippen molar-refractivity contribution in [3.8, 4) is 5.75 Å². The van der Waals surface area contributed by atoms with Gasteiger partial charge in [-0.1, -0.05) is 62.4 Å². The highest BCUT2D eigenvalue weighted by atomic mass is 16.5. The van der Waals surface area contributed by atoms with E-state index in [1.165, 1.54) is 22.3 Å². The van der Waals surface area contributed by atoms with Crippen LogP contribution in [0.15, 0.2) is 85.2 Å². The molecule has 1 aliphatic carbocycles. The number of pyridine rings is 1. The molecule has 1 atom stereocenters. The van der Waals surface area contributed by atoms with Crippen LogP contribution in [0.2, 0.25) is 0 Å². The van der Waals surface area contributed by atoms with E-state index in [0.29, 0.717) is 6.04 Å². The van der Waals surface area contributed by atoms with Gasteiger partial charge in [0.15, 0.2) is 0 Å². The lowest BCUT2D eigenvalue weighted by atomic mass is 9.73. The van der Waals surface area contributed by atoms with Gasteiger partial charge in [-0.2, -0.15) is 0 Å². The molecule has 0 amide bonds. The molecule has 0 saturated heterocycles. The van der Waals surface area contributed by atoms with Crippen LogP contribution in [0.4, 0.5) is 0 Å². The van der Waals surface area contributed by atoms with Gasteiger partial charge >= 0.3 is 0 Å². The predicted octanol–water partition coefficient (Wildman–Crippen LogP) is 6.36. The number of nitrogens with zero attached hydrogens (tertiary/aromatic N) is 2. The van der Waals surface area contributed by atoms with E-state index in [1.54, 1.807) is 7.11 Å². The third kappa shape index (κ3) is 5.23. The summed E-state index contributed by atoms with van der Waals surface area (Å²) in [5, 5.41) is 0. The molecule has 0 aliphatic heterocycles. The summed E-state index contributed by atoms with van der Waals surface area (Å²) in [6.45, 7) is 6.62. The SMILES string of the molecule is COc1ccc(CN(Cc2ccccc2)C2CCC(c3ccncc3)=CC2(C)C)cc1. The van der Waals surface area contributed by atoms with Gasteiger partial charge in [0, 0.05) is 31.5 Å². The van der Waals surface area contributed by atoms with E-state index in [9.17, 15) is 0 Å². The summed E-state index contributed by atoms with van der Waals surface area (Å²) in [5.74, 6) is 0.904. The summed E-state index contributed by atoms with van der Waals surface area (Å²) in [5.41, 5.74) is 5.48. The Morgan fingerprint density at radius 1 is 0.903 bits per heavy atom. The molecule has 0 saturated carbocycles. The van der Waals surface area contributed by atoms with Crippen molar-refractivity contribution in [2.24, 2.45) is 5.41 Å². The fourth-order valence-corrected chi connectivity index (χ4v) is 4.79. The number of hydrogen-bond donors (Lipinski definition) is 0. The second-order valence-corrected chi connectivity index (χ2v) is 9.02. The highest BCUT2D eigenvalue weighted by molar-refractivity contribution is 5.67. The molecule has 160 valence electrons. The average Bonchev–Trinajstić information content (AvgIpc) is 2.80. The molecule has 1 aliphatic rings. The summed E-state index contributed by atoms with van der Waals surface area (Å²) < 4.78 is 5.35. The molecule has 1 unspecified atom stereocenters. The maximum atomic E-state index is 5.35. The number of methoxy groups -OCH3 is 1. The van der Waals surface area contributed by atoms with Crippen LogP contribution in [0.3, 0.4) is 0 Å². The molecule has 0 fully saturated rings. The summed E-state index contributed by atoms with van der Waals surface area (Å²) >= 11 is 0. The Kier molecular flexibility index (Phi) is 6.53. The zero-order chi connectivity index (χ0) is 21.7. The van der Waals surface area contributed by atoms with Crippen LogP contribution in [0.1, 0.15) is 43.4 Å². The molecule has 0 N–H and O–H groups in total. The molecule has 1 heterocycles. The molecule has 1 aromatic heterocycles. The van der Waals surface area contributed by atoms with Crippen LogP contribution >= 0.6 is 0 Å². The second kappa shape index (κ2) is 9.49. The van der Waals surface area contributed by atoms with Crippen molar-refractivity contribution in [3.05, 3.63) is 102 Å². The maximum Gasteiger partial charge on any atom is 0.118 e. The van der Waals surface area contributed by atoms with Gasteiger partial charge in [-0.25, -0.2) is 0 Å². The Hall–Kier alpha value is -2.91. The van der Waals surface area contributed by atoms with Crippen LogP contribution in [-0.4, -0.2) is 23.0 Å². The minimum atomic E-state index is 0.0676. The average molecular weight is 413 g/mol. The largest absolute Gasteiger partial charge is 0.497 e. The third-order valence-corrected chi connectivity index (χ3v) is 6.36. The molecule has 3 nitrogen and oxygen atoms in total. The van der Waals surface area contributed by atoms with Crippen molar-refractivity contribution in [3.63, 3.8) is 0 Å². The summed E-state index contributed by atoms with van der Waals surface area (Å²) in [7, 11) is 1.72. The molecular formula is C28H32N2O. The molecule has 2 aromatic carbocycles. The van der Waals surface area contributed by atoms with Crippen molar-refractivity contribution < 1.29 is 4.74 Å². The number of benzene rings is 2. The standard InChI is InChI=1S/C28H32N2O/c1-28(2)19-25(24-15-17-29-18-16-24)11-14-27(28)30(20-22-7-5-4-6-8-22)21-23-9-12-26(31-3)13-10-23/h4-10,12-13,15-19,27H,11,14,20-21H2,1-3H3. The first kappa shape index (κ1) is 21.3. The lowest BCUT2D eigenvalue weighted by Crippen LogP contribution is -2.45. The van der Waals surface area contributed by atoms with E-state index < -0.39 is 0 Å². The summed E-state index contributed by atoms with van der Waals surface area (Å²) in [6, 6.07) is 24.0. The first-order chi connectivity index (χ1) is 15.0. The lowest BCUT2D eigenvalue weighted by Gasteiger charge is -2.44. The molecule has 3 heteroatoms. The Balaban J connectivity index is 1.61. The summed E-state index contributed by atoms with van der Waals surface area (Å²) in [4.78, 5) is 6.83. The first-order valence-electron chi connectivity index (χ1n) is 11.1. The molecular weight excluding hydrogens is 380 g/mol. The van der Waals surface area contributed by atoms with Crippen LogP contribution in [0.5, 0.6) is 5.75 Å². The van der Waals surface area contributed by atoms with E-state index >= 15 is 0 Å². The lowest BCUT2D eigenvalue weighted by molar-refractivity contribution is 0.0902. The molecule has 0 radical (unpaired) electrons. The van der Waals surface area contributed by atoms with Gasteiger partial charge in [0.1, 0.15) is 5.75 Å². The topological polar surface area (TPSA) is 25.4 Å². The Bertz CT molecular complexity index is 994. The van der Waals surface area contributed by atoms with Crippen molar-refractivity contribution in [2.75, 3.05) is 7.11 Å². The fraction of sp³-hybridized carbons (Fsp3) is 0.321. The van der Waals surface area contributed by atoms with Crippen LogP contribution < -0.4 is 4.74 Å². The Morgan fingerprint density at radius 3 is 2.16 bits per heavy atom. The molecule has 0 bridgehead atoms. The number of ether oxygens (including phenoxy) is 1. The summed E-state index contributed by atoms with van der Waals surface area (Å²) in [6.07, 6.45) is 8.50. The second-order valence-electron chi connectivity index (χ2n) is 9.02. The van der Waals surface area contributed by atoms with E-state index in [-0.39, 0.29) is 5.41 Å². The highest BCUT2D eigenvalue weighted by Gasteiger charge is 2.36. The van der Waals surface area contributed by atoms with Gasteiger partial charge in [0.05, 0.1) is 7.11 Å². The van der Waals surface area contributed by atoms with Crippen molar-refractivity contribution >= 4 is 5.57 Å². The number of rotatable bonds is 7. The van der Waals surface area contributed by atoms with Gasteiger partial charge in [-0.05, 0) is 64.8 Å². The quantitative estimate of drug-likeness (QED) is 0.451. The number of aromatic nitrogens is 1. The Labute approximate surface area is 186 Å². The van der Waals surface area contributed by atoms with Gasteiger partial charge < -0.3 is 4.74 Å². The molecule has 4 rings (SSSR count). The van der Waals surface area contributed by atoms with Crippen molar-refractivity contribution in [1.29, 1.82) is 0 Å². The zero-order valence-corrected chi connectivity index (χ0v) is 18.8. The van der Waals surface area contributed by atoms with Gasteiger partial charge in [-0.15, -0.1) is 0 Å². The highest BCUT2D eigenvalue weighted by Crippen LogP contribution is 2.41. The van der Waals surface area contributed by atoms with Crippen LogP contribution in [-0.2, 0) is 13.1 Å². The monoisotopic (exact) mass is 412 g/mol. The van der Waals surface area contributed by atoms with Gasteiger partial charge in [0.2, 0.25) is 0 Å². The molecule has 31 heavy (non-hydrogen) atoms. The third-order valence-electron chi connectivity index (χ3n) is 6.36. The normalized spacial score (nSPS) is 17.9. The van der Waals surface area contributed by atoms with E-state index in [2.05, 4.69) is 96.5 Å². The van der Waals surface area contributed by atoms with E-state index in [1.807, 2.05) is 12.4 Å². The van der Waals surface area contributed by atoms with Crippen LogP contribution in [0, 0.1) is 5.41 Å². The van der Waals surface area contributed by atoms with Gasteiger partial charge in [0.25, 0.3) is 0 Å². The zero-order valence-electron chi connectivity index (χ0n) is 18.8. The van der Waals surface area contributed by atoms with Crippen molar-refractivity contribution in [1.82, 2.24) is 9.88 Å². The van der Waals surface area contributed by atoms with Gasteiger partial charge in [-0.3, -0.25) is 9.88 Å². The van der Waals surface area contributed by atoms with Crippen LogP contribution in [0.25, 0.3) is 5.57 Å². The smallest absolute Gasteiger partial charge is 0.118 e. The number of allylic oxidation sites excluding steroid dienone is 1. The molecule has 0 spiro atoms. The predicted molar refractivity (Wildman–Crippen MR) is 128 cm³/mol.